The molecule has 0 saturated carbocycles. The molecule has 1 aliphatic heterocycles. The third-order valence-electron chi connectivity index (χ3n) is 0.939. The number of rotatable bonds is 1. The predicted octanol–water partition coefficient (Wildman–Crippen LogP) is -1.16. The van der Waals surface area contributed by atoms with Crippen LogP contribution < -0.4 is 5.73 Å². The molecular weight excluding hydrogens is 110 g/mol. The maximum Gasteiger partial charge on any atom is 0.249 e. The largest absolute Gasteiger partial charge is 0.367 e. The number of amides is 1. The molecule has 46 valence electrons. The lowest BCUT2D eigenvalue weighted by molar-refractivity contribution is -0.126. The lowest BCUT2D eigenvalue weighted by Crippen LogP contribution is -2.29. The highest BCUT2D eigenvalue weighted by Crippen LogP contribution is 2.00. The lowest BCUT2D eigenvalue weighted by Gasteiger charge is -1.97. The van der Waals surface area contributed by atoms with Crippen LogP contribution in [-0.2, 0) is 14.3 Å². The third kappa shape index (κ3) is 0.962. The summed E-state index contributed by atoms with van der Waals surface area (Å²) in [7, 11) is 0. The van der Waals surface area contributed by atoms with Crippen LogP contribution in [0.4, 0.5) is 0 Å². The molecule has 2 N–H and O–H groups in total. The van der Waals surface area contributed by atoms with Crippen molar-refractivity contribution in [1.29, 1.82) is 0 Å². The summed E-state index contributed by atoms with van der Waals surface area (Å²) in [6.45, 7) is 0.489. The molecule has 1 atom stereocenters. The summed E-state index contributed by atoms with van der Waals surface area (Å²) in [4.78, 5) is 10.2. The standard InChI is InChI=1S/C4H7NO3/c5-4(6)3-1-7-2-8-3/h3H,1-2H2,(H2,5,6). The molecule has 1 unspecified atom stereocenters. The molecule has 0 bridgehead atoms. The van der Waals surface area contributed by atoms with Gasteiger partial charge in [0, 0.05) is 0 Å². The van der Waals surface area contributed by atoms with Crippen LogP contribution in [0.1, 0.15) is 0 Å². The lowest BCUT2D eigenvalue weighted by atomic mass is 10.4. The maximum atomic E-state index is 10.2. The number of carbonyl (C=O) groups excluding carboxylic acids is 1. The van der Waals surface area contributed by atoms with E-state index in [2.05, 4.69) is 0 Å². The summed E-state index contributed by atoms with van der Waals surface area (Å²) < 4.78 is 9.41. The van der Waals surface area contributed by atoms with E-state index in [1.54, 1.807) is 0 Å². The van der Waals surface area contributed by atoms with Gasteiger partial charge in [-0.25, -0.2) is 0 Å². The van der Waals surface area contributed by atoms with Gasteiger partial charge in [0.25, 0.3) is 0 Å². The zero-order valence-corrected chi connectivity index (χ0v) is 4.29. The van der Waals surface area contributed by atoms with Crippen LogP contribution in [0.25, 0.3) is 0 Å². The van der Waals surface area contributed by atoms with Crippen LogP contribution >= 0.6 is 0 Å². The number of carbonyl (C=O) groups is 1. The van der Waals surface area contributed by atoms with Crippen molar-refractivity contribution in [3.05, 3.63) is 0 Å². The molecule has 1 heterocycles. The van der Waals surface area contributed by atoms with Crippen molar-refractivity contribution < 1.29 is 14.3 Å². The van der Waals surface area contributed by atoms with Crippen molar-refractivity contribution in [2.45, 2.75) is 6.10 Å². The molecule has 4 heteroatoms. The highest BCUT2D eigenvalue weighted by Gasteiger charge is 2.20. The van der Waals surface area contributed by atoms with Crippen LogP contribution in [0.15, 0.2) is 0 Å². The van der Waals surface area contributed by atoms with Crippen LogP contribution in [0, 0.1) is 0 Å². The van der Waals surface area contributed by atoms with E-state index in [1.807, 2.05) is 0 Å². The van der Waals surface area contributed by atoms with Gasteiger partial charge >= 0.3 is 0 Å². The zero-order valence-electron chi connectivity index (χ0n) is 4.29. The number of primary amides is 1. The second kappa shape index (κ2) is 2.11. The number of ether oxygens (including phenoxy) is 2. The number of nitrogens with two attached hydrogens (primary N) is 1. The first-order chi connectivity index (χ1) is 3.80. The zero-order chi connectivity index (χ0) is 5.98. The summed E-state index contributed by atoms with van der Waals surface area (Å²) >= 11 is 0. The average molecular weight is 117 g/mol. The van der Waals surface area contributed by atoms with Gasteiger partial charge in [-0.05, 0) is 0 Å². The SMILES string of the molecule is NC(=O)C1COCO1. The van der Waals surface area contributed by atoms with Crippen LogP contribution in [0.5, 0.6) is 0 Å². The summed E-state index contributed by atoms with van der Waals surface area (Å²) in [6, 6.07) is 0. The van der Waals surface area contributed by atoms with Gasteiger partial charge in [-0.2, -0.15) is 0 Å². The van der Waals surface area contributed by atoms with Gasteiger partial charge in [0.2, 0.25) is 5.91 Å². The van der Waals surface area contributed by atoms with Crippen molar-refractivity contribution in [2.75, 3.05) is 13.4 Å². The monoisotopic (exact) mass is 117 g/mol. The van der Waals surface area contributed by atoms with Crippen molar-refractivity contribution in [3.63, 3.8) is 0 Å². The van der Waals surface area contributed by atoms with E-state index in [0.29, 0.717) is 6.61 Å². The van der Waals surface area contributed by atoms with Crippen molar-refractivity contribution >= 4 is 5.91 Å². The number of hydrogen-bond acceptors (Lipinski definition) is 3. The minimum atomic E-state index is -0.519. The van der Waals surface area contributed by atoms with Gasteiger partial charge in [0.1, 0.15) is 6.79 Å². The Morgan fingerprint density at radius 1 is 1.75 bits per heavy atom. The minimum Gasteiger partial charge on any atom is -0.367 e. The second-order valence-corrected chi connectivity index (χ2v) is 1.55. The second-order valence-electron chi connectivity index (χ2n) is 1.55. The van der Waals surface area contributed by atoms with E-state index in [0.717, 1.165) is 0 Å². The van der Waals surface area contributed by atoms with E-state index in [1.165, 1.54) is 0 Å². The average Bonchev–Trinajstić information content (AvgIpc) is 2.12. The normalized spacial score (nSPS) is 28.2. The molecule has 0 aromatic rings. The minimum absolute atomic E-state index is 0.188. The van der Waals surface area contributed by atoms with Gasteiger partial charge in [-0.15, -0.1) is 0 Å². The molecule has 1 fully saturated rings. The van der Waals surface area contributed by atoms with Crippen LogP contribution in [0.2, 0.25) is 0 Å². The quantitative estimate of drug-likeness (QED) is 0.471. The van der Waals surface area contributed by atoms with E-state index in [4.69, 9.17) is 15.2 Å². The molecule has 8 heavy (non-hydrogen) atoms. The third-order valence-corrected chi connectivity index (χ3v) is 0.939. The van der Waals surface area contributed by atoms with Crippen molar-refractivity contribution in [1.82, 2.24) is 0 Å². The Hall–Kier alpha value is -0.610. The van der Waals surface area contributed by atoms with Gasteiger partial charge in [0.15, 0.2) is 6.10 Å². The van der Waals surface area contributed by atoms with Crippen molar-refractivity contribution in [3.8, 4) is 0 Å². The van der Waals surface area contributed by atoms with E-state index in [-0.39, 0.29) is 6.79 Å². The fraction of sp³-hybridized carbons (Fsp3) is 0.750. The van der Waals surface area contributed by atoms with Gasteiger partial charge < -0.3 is 15.2 Å². The van der Waals surface area contributed by atoms with E-state index >= 15 is 0 Å². The van der Waals surface area contributed by atoms with Gasteiger partial charge in [-0.3, -0.25) is 4.79 Å². The summed E-state index contributed by atoms with van der Waals surface area (Å²) in [6.07, 6.45) is -0.519. The molecule has 1 aliphatic rings. The molecule has 1 rings (SSSR count). The molecule has 0 radical (unpaired) electrons. The molecule has 0 aliphatic carbocycles. The van der Waals surface area contributed by atoms with Crippen molar-refractivity contribution in [2.24, 2.45) is 5.73 Å². The predicted molar refractivity (Wildman–Crippen MR) is 24.9 cm³/mol. The fourth-order valence-electron chi connectivity index (χ4n) is 0.498. The summed E-state index contributed by atoms with van der Waals surface area (Å²) in [5.74, 6) is -0.456. The maximum absolute atomic E-state index is 10.2. The fourth-order valence-corrected chi connectivity index (χ4v) is 0.498. The Labute approximate surface area is 46.6 Å². The first kappa shape index (κ1) is 5.53. The Bertz CT molecular complexity index is 97.5. The first-order valence-electron chi connectivity index (χ1n) is 2.29. The van der Waals surface area contributed by atoms with Gasteiger partial charge in [-0.1, -0.05) is 0 Å². The Morgan fingerprint density at radius 3 is 2.75 bits per heavy atom. The highest BCUT2D eigenvalue weighted by atomic mass is 16.7. The molecule has 1 amide bonds. The topological polar surface area (TPSA) is 61.6 Å². The molecule has 1 saturated heterocycles. The summed E-state index contributed by atoms with van der Waals surface area (Å²) in [5.41, 5.74) is 4.85. The van der Waals surface area contributed by atoms with Crippen LogP contribution in [-0.4, -0.2) is 25.4 Å². The Kier molecular flexibility index (Phi) is 1.45. The Morgan fingerprint density at radius 2 is 2.50 bits per heavy atom. The molecule has 0 aromatic carbocycles. The molecule has 4 nitrogen and oxygen atoms in total. The van der Waals surface area contributed by atoms with Gasteiger partial charge in [0.05, 0.1) is 6.61 Å². The smallest absolute Gasteiger partial charge is 0.249 e. The first-order valence-corrected chi connectivity index (χ1v) is 2.29. The number of hydrogen-bond donors (Lipinski definition) is 1. The molecule has 0 spiro atoms. The molecular formula is C4H7NO3. The molecule has 0 aromatic heterocycles. The Balaban J connectivity index is 2.35. The highest BCUT2D eigenvalue weighted by molar-refractivity contribution is 5.79. The van der Waals surface area contributed by atoms with Crippen LogP contribution in [0.3, 0.4) is 0 Å². The summed E-state index contributed by atoms with van der Waals surface area (Å²) in [5, 5.41) is 0. The van der Waals surface area contributed by atoms with E-state index in [9.17, 15) is 4.79 Å². The van der Waals surface area contributed by atoms with E-state index < -0.39 is 12.0 Å².